The number of hydroxylamine groups is 2. The van der Waals surface area contributed by atoms with E-state index in [1.165, 1.54) is 32.2 Å². The SMILES string of the molecule is CCOC(=O)N(CC(=O)O)Oc1ncnc(NS(=O)(=O)c2ccc(C(C)(C)C)cc2)c1Oc1cccc(OC)c1. The van der Waals surface area contributed by atoms with Crippen LogP contribution in [-0.2, 0) is 25.0 Å². The first-order valence-corrected chi connectivity index (χ1v) is 13.5. The summed E-state index contributed by atoms with van der Waals surface area (Å²) in [5, 5.41) is 9.64. The highest BCUT2D eigenvalue weighted by molar-refractivity contribution is 7.92. The minimum Gasteiger partial charge on any atom is -0.497 e. The Morgan fingerprint density at radius 2 is 1.73 bits per heavy atom. The van der Waals surface area contributed by atoms with Gasteiger partial charge in [-0.25, -0.2) is 18.2 Å². The van der Waals surface area contributed by atoms with Gasteiger partial charge in [-0.2, -0.15) is 4.98 Å². The summed E-state index contributed by atoms with van der Waals surface area (Å²) < 4.78 is 44.9. The molecule has 40 heavy (non-hydrogen) atoms. The van der Waals surface area contributed by atoms with E-state index in [1.807, 2.05) is 20.8 Å². The zero-order valence-electron chi connectivity index (χ0n) is 22.6. The number of amides is 1. The highest BCUT2D eigenvalue weighted by Gasteiger charge is 2.27. The van der Waals surface area contributed by atoms with Crippen molar-refractivity contribution in [2.75, 3.05) is 25.0 Å². The number of hydrogen-bond donors (Lipinski definition) is 2. The highest BCUT2D eigenvalue weighted by Crippen LogP contribution is 2.38. The first kappa shape index (κ1) is 30.0. The summed E-state index contributed by atoms with van der Waals surface area (Å²) in [6.07, 6.45) is -0.157. The largest absolute Gasteiger partial charge is 0.497 e. The molecule has 0 unspecified atom stereocenters. The van der Waals surface area contributed by atoms with Crippen molar-refractivity contribution in [1.82, 2.24) is 15.0 Å². The normalized spacial score (nSPS) is 11.3. The maximum absolute atomic E-state index is 13.3. The van der Waals surface area contributed by atoms with Crippen LogP contribution in [0.4, 0.5) is 10.6 Å². The molecule has 0 radical (unpaired) electrons. The van der Waals surface area contributed by atoms with Crippen LogP contribution in [0, 0.1) is 0 Å². The molecule has 1 aromatic heterocycles. The third-order valence-electron chi connectivity index (χ3n) is 5.24. The van der Waals surface area contributed by atoms with Gasteiger partial charge in [-0.15, -0.1) is 5.06 Å². The summed E-state index contributed by atoms with van der Waals surface area (Å²) in [5.74, 6) is -1.96. The number of methoxy groups -OCH3 is 1. The molecule has 0 fully saturated rings. The van der Waals surface area contributed by atoms with Gasteiger partial charge in [-0.1, -0.05) is 39.0 Å². The molecule has 0 atom stereocenters. The number of sulfonamides is 1. The molecule has 14 heteroatoms. The number of hydrogen-bond acceptors (Lipinski definition) is 10. The maximum atomic E-state index is 13.3. The number of nitrogens with one attached hydrogen (secondary N) is 1. The molecular formula is C26H30N4O9S. The molecule has 0 bridgehead atoms. The van der Waals surface area contributed by atoms with Crippen LogP contribution in [0.2, 0.25) is 0 Å². The molecule has 13 nitrogen and oxygen atoms in total. The van der Waals surface area contributed by atoms with Crippen LogP contribution in [0.1, 0.15) is 33.3 Å². The summed E-state index contributed by atoms with van der Waals surface area (Å²) in [6.45, 7) is 6.56. The van der Waals surface area contributed by atoms with E-state index in [4.69, 9.17) is 19.0 Å². The number of ether oxygens (including phenoxy) is 3. The fourth-order valence-electron chi connectivity index (χ4n) is 3.25. The lowest BCUT2D eigenvalue weighted by molar-refractivity contribution is -0.145. The van der Waals surface area contributed by atoms with Gasteiger partial charge in [0.2, 0.25) is 5.75 Å². The molecule has 0 aliphatic heterocycles. The average Bonchev–Trinajstić information content (AvgIpc) is 2.89. The zero-order chi connectivity index (χ0) is 29.5. The third kappa shape index (κ3) is 7.72. The minimum atomic E-state index is -4.19. The minimum absolute atomic E-state index is 0.0482. The summed E-state index contributed by atoms with van der Waals surface area (Å²) in [7, 11) is -2.74. The van der Waals surface area contributed by atoms with Crippen LogP contribution in [0.15, 0.2) is 59.8 Å². The molecule has 0 aliphatic rings. The number of aromatic nitrogens is 2. The summed E-state index contributed by atoms with van der Waals surface area (Å²) in [4.78, 5) is 37.0. The van der Waals surface area contributed by atoms with E-state index in [0.717, 1.165) is 11.9 Å². The van der Waals surface area contributed by atoms with Crippen molar-refractivity contribution in [1.29, 1.82) is 0 Å². The van der Waals surface area contributed by atoms with Gasteiger partial charge in [0.1, 0.15) is 17.8 Å². The smallest absolute Gasteiger partial charge is 0.443 e. The number of carbonyl (C=O) groups excluding carboxylic acids is 1. The molecule has 0 saturated heterocycles. The van der Waals surface area contributed by atoms with E-state index in [9.17, 15) is 23.1 Å². The molecule has 214 valence electrons. The molecule has 1 amide bonds. The molecule has 2 aromatic carbocycles. The Balaban J connectivity index is 2.06. The Bertz CT molecular complexity index is 1460. The lowest BCUT2D eigenvalue weighted by Crippen LogP contribution is -2.39. The zero-order valence-corrected chi connectivity index (χ0v) is 23.4. The topological polar surface area (TPSA) is 166 Å². The van der Waals surface area contributed by atoms with Crippen molar-refractivity contribution in [3.8, 4) is 23.1 Å². The van der Waals surface area contributed by atoms with Crippen molar-refractivity contribution in [3.05, 3.63) is 60.4 Å². The fraction of sp³-hybridized carbons (Fsp3) is 0.308. The number of rotatable bonds is 11. The third-order valence-corrected chi connectivity index (χ3v) is 6.60. The number of aliphatic carboxylic acids is 1. The van der Waals surface area contributed by atoms with Crippen LogP contribution in [-0.4, -0.2) is 60.9 Å². The fourth-order valence-corrected chi connectivity index (χ4v) is 4.26. The lowest BCUT2D eigenvalue weighted by Gasteiger charge is -2.21. The van der Waals surface area contributed by atoms with Gasteiger partial charge in [0.15, 0.2) is 12.4 Å². The molecule has 0 spiro atoms. The molecular weight excluding hydrogens is 544 g/mol. The quantitative estimate of drug-likeness (QED) is 0.315. The van der Waals surface area contributed by atoms with Crippen LogP contribution in [0.3, 0.4) is 0 Å². The van der Waals surface area contributed by atoms with Crippen molar-refractivity contribution >= 4 is 27.9 Å². The lowest BCUT2D eigenvalue weighted by atomic mass is 9.87. The van der Waals surface area contributed by atoms with E-state index in [-0.39, 0.29) is 34.2 Å². The standard InChI is InChI=1S/C26H30N4O9S/c1-6-37-25(33)30(15-21(31)32)39-24-22(38-19-9-7-8-18(14-19)36-5)23(27-16-28-24)29-40(34,35)20-12-10-17(11-13-20)26(2,3)4/h7-14,16H,6,15H2,1-5H3,(H,31,32)(H,27,28,29). The van der Waals surface area contributed by atoms with Gasteiger partial charge >= 0.3 is 12.1 Å². The van der Waals surface area contributed by atoms with Gasteiger partial charge in [0.05, 0.1) is 18.6 Å². The van der Waals surface area contributed by atoms with Crippen molar-refractivity contribution in [3.63, 3.8) is 0 Å². The first-order valence-electron chi connectivity index (χ1n) is 12.0. The van der Waals surface area contributed by atoms with Crippen molar-refractivity contribution < 1.29 is 42.2 Å². The van der Waals surface area contributed by atoms with Gasteiger partial charge in [0.25, 0.3) is 15.9 Å². The Labute approximate surface area is 231 Å². The maximum Gasteiger partial charge on any atom is 0.443 e. The van der Waals surface area contributed by atoms with E-state index in [0.29, 0.717) is 10.8 Å². The Morgan fingerprint density at radius 1 is 1.05 bits per heavy atom. The van der Waals surface area contributed by atoms with Gasteiger partial charge in [0, 0.05) is 6.07 Å². The molecule has 0 saturated carbocycles. The van der Waals surface area contributed by atoms with E-state index < -0.39 is 34.5 Å². The predicted octanol–water partition coefficient (Wildman–Crippen LogP) is 4.21. The average molecular weight is 575 g/mol. The number of anilines is 1. The van der Waals surface area contributed by atoms with E-state index in [1.54, 1.807) is 30.3 Å². The number of benzene rings is 2. The van der Waals surface area contributed by atoms with E-state index >= 15 is 0 Å². The second-order valence-electron chi connectivity index (χ2n) is 9.24. The predicted molar refractivity (Wildman–Crippen MR) is 143 cm³/mol. The van der Waals surface area contributed by atoms with Gasteiger partial charge in [-0.05, 0) is 42.2 Å². The van der Waals surface area contributed by atoms with Crippen LogP contribution >= 0.6 is 0 Å². The summed E-state index contributed by atoms with van der Waals surface area (Å²) in [6, 6.07) is 12.7. The molecule has 1 heterocycles. The molecule has 3 rings (SSSR count). The van der Waals surface area contributed by atoms with Crippen molar-refractivity contribution in [2.24, 2.45) is 0 Å². The van der Waals surface area contributed by atoms with Crippen LogP contribution in [0.5, 0.6) is 23.1 Å². The van der Waals surface area contributed by atoms with E-state index in [2.05, 4.69) is 14.7 Å². The molecule has 2 N–H and O–H groups in total. The number of carboxylic acid groups (broad SMARTS) is 1. The van der Waals surface area contributed by atoms with Gasteiger partial charge < -0.3 is 24.2 Å². The first-order chi connectivity index (χ1) is 18.8. The molecule has 0 aliphatic carbocycles. The summed E-state index contributed by atoms with van der Waals surface area (Å²) >= 11 is 0. The van der Waals surface area contributed by atoms with Gasteiger partial charge in [-0.3, -0.25) is 9.52 Å². The van der Waals surface area contributed by atoms with Crippen LogP contribution in [0.25, 0.3) is 0 Å². The number of carbonyl (C=O) groups is 2. The Morgan fingerprint density at radius 3 is 2.33 bits per heavy atom. The Kier molecular flexibility index (Phi) is 9.37. The monoisotopic (exact) mass is 574 g/mol. The van der Waals surface area contributed by atoms with Crippen LogP contribution < -0.4 is 19.0 Å². The number of carboxylic acids is 1. The second kappa shape index (κ2) is 12.5. The summed E-state index contributed by atoms with van der Waals surface area (Å²) in [5.41, 5.74) is 0.747. The Hall–Kier alpha value is -4.59. The molecule has 3 aromatic rings. The highest BCUT2D eigenvalue weighted by atomic mass is 32.2. The number of nitrogens with zero attached hydrogens (tertiary/aromatic N) is 3. The second-order valence-corrected chi connectivity index (χ2v) is 10.9. The van der Waals surface area contributed by atoms with Crippen molar-refractivity contribution in [2.45, 2.75) is 38.0 Å².